The molecule has 5 nitrogen and oxygen atoms in total. The standard InChI is InChI=1S/C13H14N4O/c1-18-13-5-12(15-8-16-13)17-6-9-2-3-11(14)4-10(9)7-17/h2-5,8H,6-7,14H2,1H3. The molecule has 2 N–H and O–H groups in total. The highest BCUT2D eigenvalue weighted by Gasteiger charge is 2.20. The van der Waals surface area contributed by atoms with Crippen molar-refractivity contribution in [3.8, 4) is 5.88 Å². The van der Waals surface area contributed by atoms with Crippen molar-refractivity contribution in [2.45, 2.75) is 13.1 Å². The SMILES string of the molecule is COc1cc(N2Cc3ccc(N)cc3C2)ncn1. The fraction of sp³-hybridized carbons (Fsp3) is 0.231. The maximum atomic E-state index is 5.80. The van der Waals surface area contributed by atoms with Crippen LogP contribution in [0.2, 0.25) is 0 Å². The number of ether oxygens (including phenoxy) is 1. The Labute approximate surface area is 105 Å². The van der Waals surface area contributed by atoms with Crippen LogP contribution in [0.4, 0.5) is 11.5 Å². The van der Waals surface area contributed by atoms with Crippen LogP contribution in [0.3, 0.4) is 0 Å². The maximum absolute atomic E-state index is 5.80. The van der Waals surface area contributed by atoms with Crippen molar-refractivity contribution in [3.05, 3.63) is 41.7 Å². The van der Waals surface area contributed by atoms with Crippen molar-refractivity contribution in [2.75, 3.05) is 17.7 Å². The molecule has 1 aromatic carbocycles. The third-order valence-electron chi connectivity index (χ3n) is 3.11. The van der Waals surface area contributed by atoms with Crippen molar-refractivity contribution in [1.29, 1.82) is 0 Å². The molecule has 1 aromatic heterocycles. The van der Waals surface area contributed by atoms with E-state index < -0.39 is 0 Å². The Morgan fingerprint density at radius 2 is 2.00 bits per heavy atom. The summed E-state index contributed by atoms with van der Waals surface area (Å²) in [4.78, 5) is 10.5. The van der Waals surface area contributed by atoms with Crippen LogP contribution in [0, 0.1) is 0 Å². The van der Waals surface area contributed by atoms with Crippen molar-refractivity contribution in [1.82, 2.24) is 9.97 Å². The van der Waals surface area contributed by atoms with Gasteiger partial charge in [-0.25, -0.2) is 9.97 Å². The number of hydrogen-bond acceptors (Lipinski definition) is 5. The molecule has 0 unspecified atom stereocenters. The zero-order valence-electron chi connectivity index (χ0n) is 10.1. The van der Waals surface area contributed by atoms with Gasteiger partial charge in [-0.1, -0.05) is 6.07 Å². The van der Waals surface area contributed by atoms with Crippen LogP contribution in [0.1, 0.15) is 11.1 Å². The van der Waals surface area contributed by atoms with E-state index in [0.29, 0.717) is 5.88 Å². The molecule has 2 aromatic rings. The monoisotopic (exact) mass is 242 g/mol. The minimum atomic E-state index is 0.579. The van der Waals surface area contributed by atoms with Crippen LogP contribution in [0.15, 0.2) is 30.6 Å². The fourth-order valence-electron chi connectivity index (χ4n) is 2.19. The van der Waals surface area contributed by atoms with Crippen molar-refractivity contribution >= 4 is 11.5 Å². The van der Waals surface area contributed by atoms with E-state index in [-0.39, 0.29) is 0 Å². The molecule has 0 bridgehead atoms. The Balaban J connectivity index is 1.88. The number of rotatable bonds is 2. The average Bonchev–Trinajstić information content (AvgIpc) is 2.81. The van der Waals surface area contributed by atoms with E-state index >= 15 is 0 Å². The van der Waals surface area contributed by atoms with Gasteiger partial charge in [-0.3, -0.25) is 0 Å². The third kappa shape index (κ3) is 1.84. The summed E-state index contributed by atoms with van der Waals surface area (Å²) in [5, 5.41) is 0. The predicted octanol–water partition coefficient (Wildman–Crippen LogP) is 1.59. The molecule has 0 saturated heterocycles. The van der Waals surface area contributed by atoms with E-state index in [1.165, 1.54) is 17.5 Å². The lowest BCUT2D eigenvalue weighted by atomic mass is 10.1. The highest BCUT2D eigenvalue weighted by molar-refractivity contribution is 5.53. The molecule has 1 aliphatic heterocycles. The molecule has 0 amide bonds. The number of anilines is 2. The number of fused-ring (bicyclic) bond motifs is 1. The highest BCUT2D eigenvalue weighted by atomic mass is 16.5. The van der Waals surface area contributed by atoms with Crippen LogP contribution in [0.5, 0.6) is 5.88 Å². The molecule has 5 heteroatoms. The van der Waals surface area contributed by atoms with Gasteiger partial charge < -0.3 is 15.4 Å². The van der Waals surface area contributed by atoms with Gasteiger partial charge in [0.1, 0.15) is 12.1 Å². The highest BCUT2D eigenvalue weighted by Crippen LogP contribution is 2.29. The molecule has 0 saturated carbocycles. The Morgan fingerprint density at radius 1 is 1.17 bits per heavy atom. The van der Waals surface area contributed by atoms with Gasteiger partial charge in [-0.2, -0.15) is 0 Å². The Morgan fingerprint density at radius 3 is 2.83 bits per heavy atom. The molecule has 92 valence electrons. The Bertz CT molecular complexity index is 585. The first-order valence-electron chi connectivity index (χ1n) is 5.74. The summed E-state index contributed by atoms with van der Waals surface area (Å²) in [6.07, 6.45) is 1.52. The first-order valence-corrected chi connectivity index (χ1v) is 5.74. The molecular formula is C13H14N4O. The van der Waals surface area contributed by atoms with Gasteiger partial charge >= 0.3 is 0 Å². The van der Waals surface area contributed by atoms with Gasteiger partial charge in [0, 0.05) is 24.8 Å². The van der Waals surface area contributed by atoms with Crippen LogP contribution in [-0.2, 0) is 13.1 Å². The number of benzene rings is 1. The normalized spacial score (nSPS) is 13.5. The smallest absolute Gasteiger partial charge is 0.218 e. The first-order chi connectivity index (χ1) is 8.76. The van der Waals surface area contributed by atoms with Gasteiger partial charge in [-0.05, 0) is 23.3 Å². The van der Waals surface area contributed by atoms with Crippen LogP contribution in [0.25, 0.3) is 0 Å². The van der Waals surface area contributed by atoms with E-state index in [1.807, 2.05) is 18.2 Å². The van der Waals surface area contributed by atoms with Crippen molar-refractivity contribution in [2.24, 2.45) is 0 Å². The van der Waals surface area contributed by atoms with Gasteiger partial charge in [0.25, 0.3) is 0 Å². The van der Waals surface area contributed by atoms with Gasteiger partial charge in [0.05, 0.1) is 7.11 Å². The lowest BCUT2D eigenvalue weighted by Crippen LogP contribution is -2.16. The molecule has 3 rings (SSSR count). The topological polar surface area (TPSA) is 64.3 Å². The third-order valence-corrected chi connectivity index (χ3v) is 3.11. The second-order valence-electron chi connectivity index (χ2n) is 4.30. The largest absolute Gasteiger partial charge is 0.481 e. The van der Waals surface area contributed by atoms with Crippen molar-refractivity contribution in [3.63, 3.8) is 0 Å². The molecule has 0 atom stereocenters. The molecule has 0 radical (unpaired) electrons. The van der Waals surface area contributed by atoms with Crippen LogP contribution in [-0.4, -0.2) is 17.1 Å². The number of methoxy groups -OCH3 is 1. The number of nitrogens with two attached hydrogens (primary N) is 1. The van der Waals surface area contributed by atoms with E-state index in [1.54, 1.807) is 7.11 Å². The summed E-state index contributed by atoms with van der Waals surface area (Å²) in [5.41, 5.74) is 9.15. The van der Waals surface area contributed by atoms with E-state index in [4.69, 9.17) is 10.5 Å². The van der Waals surface area contributed by atoms with Gasteiger partial charge in [0.15, 0.2) is 0 Å². The number of hydrogen-bond donors (Lipinski definition) is 1. The van der Waals surface area contributed by atoms with E-state index in [9.17, 15) is 0 Å². The molecule has 2 heterocycles. The number of nitrogens with zero attached hydrogens (tertiary/aromatic N) is 3. The van der Waals surface area contributed by atoms with Crippen molar-refractivity contribution < 1.29 is 4.74 Å². The van der Waals surface area contributed by atoms with Crippen LogP contribution >= 0.6 is 0 Å². The van der Waals surface area contributed by atoms with E-state index in [0.717, 1.165) is 24.6 Å². The lowest BCUT2D eigenvalue weighted by Gasteiger charge is -2.16. The summed E-state index contributed by atoms with van der Waals surface area (Å²) in [7, 11) is 1.60. The zero-order chi connectivity index (χ0) is 12.5. The summed E-state index contributed by atoms with van der Waals surface area (Å²) < 4.78 is 5.11. The summed E-state index contributed by atoms with van der Waals surface area (Å²) in [5.74, 6) is 1.45. The molecule has 0 spiro atoms. The minimum Gasteiger partial charge on any atom is -0.481 e. The average molecular weight is 242 g/mol. The second kappa shape index (κ2) is 4.18. The quantitative estimate of drug-likeness (QED) is 0.810. The van der Waals surface area contributed by atoms with E-state index in [2.05, 4.69) is 20.9 Å². The number of nitrogen functional groups attached to an aromatic ring is 1. The lowest BCUT2D eigenvalue weighted by molar-refractivity contribution is 0.396. The molecule has 18 heavy (non-hydrogen) atoms. The van der Waals surface area contributed by atoms with Gasteiger partial charge in [0.2, 0.25) is 5.88 Å². The maximum Gasteiger partial charge on any atom is 0.218 e. The van der Waals surface area contributed by atoms with Gasteiger partial charge in [-0.15, -0.1) is 0 Å². The molecular weight excluding hydrogens is 228 g/mol. The summed E-state index contributed by atoms with van der Waals surface area (Å²) in [6, 6.07) is 7.87. The Kier molecular flexibility index (Phi) is 2.51. The second-order valence-corrected chi connectivity index (χ2v) is 4.30. The number of aromatic nitrogens is 2. The first kappa shape index (κ1) is 10.8. The summed E-state index contributed by atoms with van der Waals surface area (Å²) in [6.45, 7) is 1.66. The summed E-state index contributed by atoms with van der Waals surface area (Å²) >= 11 is 0. The minimum absolute atomic E-state index is 0.579. The zero-order valence-corrected chi connectivity index (χ0v) is 10.1. The molecule has 0 fully saturated rings. The molecule has 0 aliphatic carbocycles. The van der Waals surface area contributed by atoms with Crippen LogP contribution < -0.4 is 15.4 Å². The Hall–Kier alpha value is -2.30. The predicted molar refractivity (Wildman–Crippen MR) is 69.3 cm³/mol. The molecule has 1 aliphatic rings. The fourth-order valence-corrected chi connectivity index (χ4v) is 2.19.